The molecule has 0 atom stereocenters. The number of hydrogen-bond donors (Lipinski definition) is 0. The molecule has 0 saturated carbocycles. The van der Waals surface area contributed by atoms with Crippen molar-refractivity contribution >= 4 is 53.4 Å². The van der Waals surface area contributed by atoms with Crippen LogP contribution in [-0.2, 0) is 13.4 Å². The summed E-state index contributed by atoms with van der Waals surface area (Å²) < 4.78 is 21.2. The van der Waals surface area contributed by atoms with Crippen LogP contribution in [0.5, 0.6) is 0 Å². The molecule has 0 fully saturated rings. The summed E-state index contributed by atoms with van der Waals surface area (Å²) in [5.41, 5.74) is 0. The van der Waals surface area contributed by atoms with Crippen LogP contribution in [0.3, 0.4) is 0 Å². The Hall–Kier alpha value is 1.32. The summed E-state index contributed by atoms with van der Waals surface area (Å²) in [6, 6.07) is 0. The van der Waals surface area contributed by atoms with Crippen LogP contribution < -0.4 is 19.6 Å². The molecule has 96 valence electrons. The van der Waals surface area contributed by atoms with Gasteiger partial charge in [-0.1, -0.05) is 0 Å². The first-order chi connectivity index (χ1) is 3.71. The first-order valence-electron chi connectivity index (χ1n) is 1.46. The normalized spacial score (nSPS) is 8.27. The molecule has 0 bridgehead atoms. The zero-order valence-corrected chi connectivity index (χ0v) is 11.0. The van der Waals surface area contributed by atoms with Crippen molar-refractivity contribution in [2.24, 2.45) is 0 Å². The predicted octanol–water partition coefficient (Wildman–Crippen LogP) is -7.84. The minimum Gasteiger partial charge on any atom is -0.790 e. The van der Waals surface area contributed by atoms with Crippen LogP contribution in [0.2, 0.25) is 0 Å². The molecule has 0 aromatic rings. The van der Waals surface area contributed by atoms with Crippen molar-refractivity contribution < 1.29 is 60.4 Å². The fourth-order valence-corrected chi connectivity index (χ4v) is 1.10. The Labute approximate surface area is 113 Å². The molecule has 0 aliphatic heterocycles. The van der Waals surface area contributed by atoms with Crippen LogP contribution in [0.25, 0.3) is 0 Å². The number of rotatable bonds is 2. The van der Waals surface area contributed by atoms with Gasteiger partial charge in [0.05, 0.1) is 15.6 Å². The van der Waals surface area contributed by atoms with E-state index in [4.69, 9.17) is 0 Å². The molecule has 10 N–H and O–H groups in total. The van der Waals surface area contributed by atoms with Crippen molar-refractivity contribution in [3.63, 3.8) is 0 Å². The summed E-state index contributed by atoms with van der Waals surface area (Å²) >= 11 is 0. The van der Waals surface area contributed by atoms with E-state index in [1.54, 1.807) is 0 Å². The smallest absolute Gasteiger partial charge is 0.790 e. The van der Waals surface area contributed by atoms with Crippen LogP contribution in [0, 0.1) is 0 Å². The first-order valence-corrected chi connectivity index (χ1v) is 4.38. The van der Waals surface area contributed by atoms with Gasteiger partial charge in [0.25, 0.3) is 0 Å². The molecule has 15 heavy (non-hydrogen) atoms. The van der Waals surface area contributed by atoms with Crippen molar-refractivity contribution in [1.29, 1.82) is 0 Å². The standard InChI is InChI=1S/Ca.H4O7P2.5H2O/c;1-8(2,3)7-9(4,5)6;;;;;/h;(H2,1,2,3)(H2,4,5,6);5*1H2/q+2;;;;;;/p-4. The van der Waals surface area contributed by atoms with Gasteiger partial charge in [0.1, 0.15) is 0 Å². The quantitative estimate of drug-likeness (QED) is 0.349. The van der Waals surface area contributed by atoms with Crippen LogP contribution in [-0.4, -0.2) is 65.1 Å². The second kappa shape index (κ2) is 15.3. The molecule has 0 aliphatic rings. The minimum atomic E-state index is -5.68. The van der Waals surface area contributed by atoms with Crippen molar-refractivity contribution in [1.82, 2.24) is 0 Å². The average Bonchev–Trinajstić information content (AvgIpc) is 1.14. The third-order valence-corrected chi connectivity index (χ3v) is 1.80. The van der Waals surface area contributed by atoms with Gasteiger partial charge in [-0.3, -0.25) is 0 Å². The summed E-state index contributed by atoms with van der Waals surface area (Å²) in [5.74, 6) is 0. The molecular formula is H10CaO12P2-2. The number of phosphoric acid groups is 2. The van der Waals surface area contributed by atoms with Crippen LogP contribution in [0.1, 0.15) is 0 Å². The third-order valence-electron chi connectivity index (χ3n) is 0.200. The average molecular weight is 304 g/mol. The first kappa shape index (κ1) is 44.1. The molecule has 15 heteroatoms. The van der Waals surface area contributed by atoms with Gasteiger partial charge in [0.15, 0.2) is 0 Å². The molecule has 0 aliphatic carbocycles. The second-order valence-electron chi connectivity index (χ2n) is 0.976. The van der Waals surface area contributed by atoms with E-state index in [0.717, 1.165) is 0 Å². The van der Waals surface area contributed by atoms with Gasteiger partial charge in [-0.05, 0) is 0 Å². The molecule has 0 aromatic heterocycles. The van der Waals surface area contributed by atoms with Crippen LogP contribution >= 0.6 is 15.6 Å². The largest absolute Gasteiger partial charge is 2.00 e. The van der Waals surface area contributed by atoms with Crippen molar-refractivity contribution in [3.05, 3.63) is 0 Å². The van der Waals surface area contributed by atoms with Gasteiger partial charge in [-0.15, -0.1) is 0 Å². The molecule has 0 unspecified atom stereocenters. The summed E-state index contributed by atoms with van der Waals surface area (Å²) in [6.45, 7) is 0. The Balaban J connectivity index is -0.0000000213. The Morgan fingerprint density at radius 3 is 0.800 bits per heavy atom. The predicted molar refractivity (Wildman–Crippen MR) is 40.1 cm³/mol. The molecule has 0 radical (unpaired) electrons. The summed E-state index contributed by atoms with van der Waals surface area (Å²) in [4.78, 5) is 37.3. The maximum atomic E-state index is 9.32. The van der Waals surface area contributed by atoms with E-state index in [2.05, 4.69) is 4.31 Å². The van der Waals surface area contributed by atoms with E-state index in [0.29, 0.717) is 0 Å². The SMILES string of the molecule is O.O.O.O.O.O=P([O-])([O-])OP(=O)([O-])[O-].[Ca+2]. The molecule has 0 saturated heterocycles. The Kier molecular flexibility index (Phi) is 45.0. The molecule has 0 heterocycles. The van der Waals surface area contributed by atoms with E-state index in [-0.39, 0.29) is 65.1 Å². The molecule has 12 nitrogen and oxygen atoms in total. The topological polar surface area (TPSA) is 293 Å². The number of hydrogen-bond acceptors (Lipinski definition) is 7. The van der Waals surface area contributed by atoms with Crippen LogP contribution in [0.15, 0.2) is 0 Å². The van der Waals surface area contributed by atoms with Gasteiger partial charge in [-0.2, -0.15) is 0 Å². The van der Waals surface area contributed by atoms with Gasteiger partial charge >= 0.3 is 37.7 Å². The molecule has 0 rings (SSSR count). The Morgan fingerprint density at radius 1 is 0.667 bits per heavy atom. The minimum absolute atomic E-state index is 0. The molecule has 0 aromatic carbocycles. The van der Waals surface area contributed by atoms with E-state index < -0.39 is 15.6 Å². The van der Waals surface area contributed by atoms with Gasteiger partial charge in [-0.25, -0.2) is 0 Å². The maximum absolute atomic E-state index is 9.32. The Morgan fingerprint density at radius 2 is 0.800 bits per heavy atom. The maximum Gasteiger partial charge on any atom is 2.00 e. The fraction of sp³-hybridized carbons (Fsp3) is 0. The third kappa shape index (κ3) is 50.7. The van der Waals surface area contributed by atoms with E-state index in [1.807, 2.05) is 0 Å². The van der Waals surface area contributed by atoms with E-state index >= 15 is 0 Å². The molecular weight excluding hydrogens is 294 g/mol. The van der Waals surface area contributed by atoms with Gasteiger partial charge in [0.2, 0.25) is 0 Å². The zero-order chi connectivity index (χ0) is 7.71. The fourth-order valence-electron chi connectivity index (χ4n) is 0.122. The van der Waals surface area contributed by atoms with Gasteiger partial charge < -0.3 is 60.4 Å². The summed E-state index contributed by atoms with van der Waals surface area (Å²) in [5, 5.41) is 0. The Bertz CT molecular complexity index is 154. The monoisotopic (exact) mass is 304 g/mol. The molecule has 0 spiro atoms. The van der Waals surface area contributed by atoms with E-state index in [1.165, 1.54) is 0 Å². The second-order valence-corrected chi connectivity index (χ2v) is 3.42. The van der Waals surface area contributed by atoms with Crippen molar-refractivity contribution in [2.75, 3.05) is 0 Å². The zero-order valence-electron chi connectivity index (χ0n) is 6.96. The van der Waals surface area contributed by atoms with Crippen molar-refractivity contribution in [3.8, 4) is 0 Å². The van der Waals surface area contributed by atoms with Gasteiger partial charge in [0, 0.05) is 0 Å². The van der Waals surface area contributed by atoms with E-state index in [9.17, 15) is 28.7 Å². The summed E-state index contributed by atoms with van der Waals surface area (Å²) in [7, 11) is -11.4. The summed E-state index contributed by atoms with van der Waals surface area (Å²) in [6.07, 6.45) is 0. The van der Waals surface area contributed by atoms with Crippen molar-refractivity contribution in [2.45, 2.75) is 0 Å². The molecule has 0 amide bonds. The van der Waals surface area contributed by atoms with Crippen LogP contribution in [0.4, 0.5) is 0 Å².